The molecule has 0 amide bonds. The molecule has 3 nitrogen and oxygen atoms in total. The molecule has 1 aliphatic rings. The number of ether oxygens (including phenoxy) is 1. The monoisotopic (exact) mass is 173 g/mol. The summed E-state index contributed by atoms with van der Waals surface area (Å²) in [5.41, 5.74) is 0. The smallest absolute Gasteiger partial charge is 0.0897 e. The fourth-order valence-corrected chi connectivity index (χ4v) is 1.40. The number of aliphatic hydroxyl groups excluding tert-OH is 1. The Balaban J connectivity index is 1.86. The van der Waals surface area contributed by atoms with E-state index in [1.165, 1.54) is 19.3 Å². The van der Waals surface area contributed by atoms with Crippen molar-refractivity contribution in [2.75, 3.05) is 26.8 Å². The third-order valence-corrected chi connectivity index (χ3v) is 2.40. The fraction of sp³-hybridized carbons (Fsp3) is 1.00. The molecule has 0 saturated heterocycles. The fourth-order valence-electron chi connectivity index (χ4n) is 1.40. The van der Waals surface area contributed by atoms with Crippen molar-refractivity contribution in [3.8, 4) is 0 Å². The third kappa shape index (κ3) is 3.52. The summed E-state index contributed by atoms with van der Waals surface area (Å²) in [5, 5.41) is 12.5. The van der Waals surface area contributed by atoms with Crippen LogP contribution in [-0.4, -0.2) is 38.0 Å². The Hall–Kier alpha value is -0.120. The molecule has 1 rings (SSSR count). The Morgan fingerprint density at radius 2 is 2.33 bits per heavy atom. The molecule has 0 aromatic rings. The molecule has 1 fully saturated rings. The van der Waals surface area contributed by atoms with Crippen LogP contribution in [0.2, 0.25) is 0 Å². The second-order valence-corrected chi connectivity index (χ2v) is 3.56. The Bertz CT molecular complexity index is 115. The lowest BCUT2D eigenvalue weighted by atomic mass is 9.85. The number of hydrogen-bond donors (Lipinski definition) is 2. The lowest BCUT2D eigenvalue weighted by molar-refractivity contribution is 0.0632. The zero-order chi connectivity index (χ0) is 8.81. The standard InChI is InChI=1S/C9H19NO2/c1-12-7-9(11)6-10-5-8-3-2-4-8/h8-11H,2-7H2,1H3. The highest BCUT2D eigenvalue weighted by molar-refractivity contribution is 4.72. The first-order valence-corrected chi connectivity index (χ1v) is 4.70. The van der Waals surface area contributed by atoms with Gasteiger partial charge in [-0.1, -0.05) is 6.42 Å². The van der Waals surface area contributed by atoms with Gasteiger partial charge >= 0.3 is 0 Å². The average molecular weight is 173 g/mol. The normalized spacial score (nSPS) is 20.5. The Kier molecular flexibility index (Phi) is 4.58. The van der Waals surface area contributed by atoms with Crippen molar-refractivity contribution >= 4 is 0 Å². The van der Waals surface area contributed by atoms with Crippen LogP contribution in [0.25, 0.3) is 0 Å². The molecule has 0 radical (unpaired) electrons. The second-order valence-electron chi connectivity index (χ2n) is 3.56. The molecule has 0 aromatic carbocycles. The summed E-state index contributed by atoms with van der Waals surface area (Å²) in [6.45, 7) is 2.14. The van der Waals surface area contributed by atoms with E-state index in [-0.39, 0.29) is 6.10 Å². The third-order valence-electron chi connectivity index (χ3n) is 2.40. The van der Waals surface area contributed by atoms with E-state index in [1.807, 2.05) is 0 Å². The molecule has 1 aliphatic carbocycles. The summed E-state index contributed by atoms with van der Waals surface area (Å²) in [4.78, 5) is 0. The summed E-state index contributed by atoms with van der Waals surface area (Å²) in [6.07, 6.45) is 3.74. The van der Waals surface area contributed by atoms with Crippen molar-refractivity contribution in [1.82, 2.24) is 5.32 Å². The topological polar surface area (TPSA) is 41.5 Å². The van der Waals surface area contributed by atoms with Crippen LogP contribution < -0.4 is 5.32 Å². The zero-order valence-corrected chi connectivity index (χ0v) is 7.75. The summed E-state index contributed by atoms with van der Waals surface area (Å²) in [6, 6.07) is 0. The molecular formula is C9H19NO2. The maximum Gasteiger partial charge on any atom is 0.0897 e. The highest BCUT2D eigenvalue weighted by atomic mass is 16.5. The van der Waals surface area contributed by atoms with Crippen LogP contribution in [0.3, 0.4) is 0 Å². The molecule has 0 aromatic heterocycles. The van der Waals surface area contributed by atoms with Gasteiger partial charge in [0.1, 0.15) is 0 Å². The van der Waals surface area contributed by atoms with E-state index in [0.29, 0.717) is 13.2 Å². The molecule has 1 atom stereocenters. The minimum absolute atomic E-state index is 0.352. The molecular weight excluding hydrogens is 154 g/mol. The summed E-state index contributed by atoms with van der Waals surface area (Å²) < 4.78 is 4.81. The van der Waals surface area contributed by atoms with Gasteiger partial charge in [0.25, 0.3) is 0 Å². The molecule has 2 N–H and O–H groups in total. The SMILES string of the molecule is COCC(O)CNCC1CCC1. The van der Waals surface area contributed by atoms with Crippen LogP contribution in [0.15, 0.2) is 0 Å². The van der Waals surface area contributed by atoms with Gasteiger partial charge in [-0.05, 0) is 25.3 Å². The van der Waals surface area contributed by atoms with Crippen molar-refractivity contribution in [3.05, 3.63) is 0 Å². The van der Waals surface area contributed by atoms with Gasteiger partial charge < -0.3 is 15.2 Å². The maximum atomic E-state index is 9.27. The van der Waals surface area contributed by atoms with Crippen LogP contribution in [0, 0.1) is 5.92 Å². The predicted octanol–water partition coefficient (Wildman–Crippen LogP) is 0.383. The summed E-state index contributed by atoms with van der Waals surface area (Å²) >= 11 is 0. The first-order valence-electron chi connectivity index (χ1n) is 4.70. The van der Waals surface area contributed by atoms with E-state index in [2.05, 4.69) is 5.32 Å². The minimum atomic E-state index is -0.352. The highest BCUT2D eigenvalue weighted by Gasteiger charge is 2.16. The van der Waals surface area contributed by atoms with Gasteiger partial charge in [-0.15, -0.1) is 0 Å². The van der Waals surface area contributed by atoms with Gasteiger partial charge in [0.05, 0.1) is 12.7 Å². The van der Waals surface area contributed by atoms with E-state index in [0.717, 1.165) is 12.5 Å². The molecule has 0 heterocycles. The number of methoxy groups -OCH3 is 1. The quantitative estimate of drug-likeness (QED) is 0.610. The van der Waals surface area contributed by atoms with Crippen molar-refractivity contribution in [2.24, 2.45) is 5.92 Å². The average Bonchev–Trinajstić information content (AvgIpc) is 1.95. The Morgan fingerprint density at radius 1 is 1.58 bits per heavy atom. The molecule has 0 aliphatic heterocycles. The van der Waals surface area contributed by atoms with E-state index in [1.54, 1.807) is 7.11 Å². The second kappa shape index (κ2) is 5.51. The van der Waals surface area contributed by atoms with Crippen LogP contribution in [0.4, 0.5) is 0 Å². The van der Waals surface area contributed by atoms with Crippen LogP contribution in [0.5, 0.6) is 0 Å². The van der Waals surface area contributed by atoms with Crippen LogP contribution in [-0.2, 0) is 4.74 Å². The lowest BCUT2D eigenvalue weighted by Crippen LogP contribution is -2.35. The van der Waals surface area contributed by atoms with Gasteiger partial charge in [0.15, 0.2) is 0 Å². The largest absolute Gasteiger partial charge is 0.389 e. The van der Waals surface area contributed by atoms with Gasteiger partial charge in [-0.25, -0.2) is 0 Å². The first kappa shape index (κ1) is 9.96. The van der Waals surface area contributed by atoms with E-state index < -0.39 is 0 Å². The minimum Gasteiger partial charge on any atom is -0.389 e. The number of aliphatic hydroxyl groups is 1. The molecule has 0 spiro atoms. The van der Waals surface area contributed by atoms with Crippen molar-refractivity contribution < 1.29 is 9.84 Å². The number of rotatable bonds is 6. The maximum absolute atomic E-state index is 9.27. The number of hydrogen-bond acceptors (Lipinski definition) is 3. The van der Waals surface area contributed by atoms with Crippen molar-refractivity contribution in [1.29, 1.82) is 0 Å². The first-order chi connectivity index (χ1) is 5.83. The van der Waals surface area contributed by atoms with Gasteiger partial charge in [-0.2, -0.15) is 0 Å². The van der Waals surface area contributed by atoms with E-state index >= 15 is 0 Å². The molecule has 1 saturated carbocycles. The van der Waals surface area contributed by atoms with Gasteiger partial charge in [0, 0.05) is 13.7 Å². The Labute approximate surface area is 74.1 Å². The molecule has 1 unspecified atom stereocenters. The number of nitrogens with one attached hydrogen (secondary N) is 1. The van der Waals surface area contributed by atoms with Gasteiger partial charge in [0.2, 0.25) is 0 Å². The van der Waals surface area contributed by atoms with E-state index in [9.17, 15) is 5.11 Å². The predicted molar refractivity (Wildman–Crippen MR) is 48.1 cm³/mol. The molecule has 3 heteroatoms. The van der Waals surface area contributed by atoms with Crippen LogP contribution >= 0.6 is 0 Å². The summed E-state index contributed by atoms with van der Waals surface area (Å²) in [5.74, 6) is 0.861. The van der Waals surface area contributed by atoms with E-state index in [4.69, 9.17) is 4.74 Å². The van der Waals surface area contributed by atoms with Crippen LogP contribution in [0.1, 0.15) is 19.3 Å². The summed E-state index contributed by atoms with van der Waals surface area (Å²) in [7, 11) is 1.61. The van der Waals surface area contributed by atoms with Crippen molar-refractivity contribution in [2.45, 2.75) is 25.4 Å². The van der Waals surface area contributed by atoms with Crippen molar-refractivity contribution in [3.63, 3.8) is 0 Å². The molecule has 12 heavy (non-hydrogen) atoms. The zero-order valence-electron chi connectivity index (χ0n) is 7.75. The highest BCUT2D eigenvalue weighted by Crippen LogP contribution is 2.24. The van der Waals surface area contributed by atoms with Gasteiger partial charge in [-0.3, -0.25) is 0 Å². The molecule has 0 bridgehead atoms. The molecule has 72 valence electrons. The Morgan fingerprint density at radius 3 is 2.83 bits per heavy atom. The lowest BCUT2D eigenvalue weighted by Gasteiger charge is -2.25.